The summed E-state index contributed by atoms with van der Waals surface area (Å²) in [6.45, 7) is 9.10. The molecular weight excluding hydrogens is 321 g/mol. The van der Waals surface area contributed by atoms with Crippen LogP contribution in [0.15, 0.2) is 30.3 Å². The zero-order chi connectivity index (χ0) is 18.6. The van der Waals surface area contributed by atoms with Crippen molar-refractivity contribution in [3.05, 3.63) is 53.1 Å². The first-order valence-corrected chi connectivity index (χ1v) is 8.59. The predicted octanol–water partition coefficient (Wildman–Crippen LogP) is 3.18. The van der Waals surface area contributed by atoms with Crippen molar-refractivity contribution < 1.29 is 14.3 Å². The average Bonchev–Trinajstić information content (AvgIpc) is 2.94. The van der Waals surface area contributed by atoms with Crippen LogP contribution in [0.3, 0.4) is 0 Å². The molecule has 0 bridgehead atoms. The largest absolute Gasteiger partial charge is 0.387 e. The maximum Gasteiger partial charge on any atom is 0.272 e. The quantitative estimate of drug-likeness (QED) is 0.837. The first-order valence-electron chi connectivity index (χ1n) is 8.59. The van der Waals surface area contributed by atoms with Crippen LogP contribution >= 0.6 is 0 Å². The Morgan fingerprint density at radius 3 is 2.48 bits per heavy atom. The number of rotatable bonds is 7. The third kappa shape index (κ3) is 4.89. The van der Waals surface area contributed by atoms with Crippen molar-refractivity contribution in [2.24, 2.45) is 5.92 Å². The van der Waals surface area contributed by atoms with Crippen molar-refractivity contribution >= 4 is 5.91 Å². The molecule has 1 aromatic carbocycles. The number of aromatic nitrogens is 2. The lowest BCUT2D eigenvalue weighted by Crippen LogP contribution is -2.38. The molecule has 0 aliphatic carbocycles. The molecule has 1 amide bonds. The van der Waals surface area contributed by atoms with Crippen molar-refractivity contribution in [1.82, 2.24) is 14.7 Å². The number of amides is 1. The molecule has 2 rings (SSSR count). The molecule has 0 saturated heterocycles. The SMILES string of the molecule is CCn1nc(C)cc1C(=O)N(CC(C)C)CC(O)c1ccc(F)cc1. The molecule has 2 aromatic rings. The van der Waals surface area contributed by atoms with Crippen LogP contribution < -0.4 is 0 Å². The molecule has 1 heterocycles. The highest BCUT2D eigenvalue weighted by atomic mass is 19.1. The predicted molar refractivity (Wildman–Crippen MR) is 94.7 cm³/mol. The molecule has 0 aliphatic heterocycles. The third-order valence-corrected chi connectivity index (χ3v) is 3.94. The molecule has 5 nitrogen and oxygen atoms in total. The van der Waals surface area contributed by atoms with Gasteiger partial charge in [0.05, 0.1) is 18.3 Å². The van der Waals surface area contributed by atoms with E-state index >= 15 is 0 Å². The number of halogens is 1. The van der Waals surface area contributed by atoms with Crippen molar-refractivity contribution in [1.29, 1.82) is 0 Å². The molecular formula is C19H26FN3O2. The Labute approximate surface area is 148 Å². The highest BCUT2D eigenvalue weighted by molar-refractivity contribution is 5.92. The molecule has 25 heavy (non-hydrogen) atoms. The van der Waals surface area contributed by atoms with Gasteiger partial charge < -0.3 is 10.0 Å². The second-order valence-corrected chi connectivity index (χ2v) is 6.66. The van der Waals surface area contributed by atoms with Gasteiger partial charge in [0.15, 0.2) is 0 Å². The van der Waals surface area contributed by atoms with Crippen LogP contribution in [-0.2, 0) is 6.54 Å². The zero-order valence-corrected chi connectivity index (χ0v) is 15.2. The standard InChI is InChI=1S/C19H26FN3O2/c1-5-23-17(10-14(4)21-23)19(25)22(11-13(2)3)12-18(24)15-6-8-16(20)9-7-15/h6-10,13,18,24H,5,11-12H2,1-4H3. The van der Waals surface area contributed by atoms with Crippen LogP contribution in [0.1, 0.15) is 48.6 Å². The molecule has 136 valence electrons. The van der Waals surface area contributed by atoms with Crippen LogP contribution in [0.4, 0.5) is 4.39 Å². The van der Waals surface area contributed by atoms with Gasteiger partial charge in [0.2, 0.25) is 0 Å². The Balaban J connectivity index is 2.22. The summed E-state index contributed by atoms with van der Waals surface area (Å²) in [5.74, 6) is -0.255. The molecule has 1 N–H and O–H groups in total. The molecule has 0 radical (unpaired) electrons. The second-order valence-electron chi connectivity index (χ2n) is 6.66. The highest BCUT2D eigenvalue weighted by Crippen LogP contribution is 2.18. The molecule has 1 atom stereocenters. The van der Waals surface area contributed by atoms with Crippen LogP contribution in [-0.4, -0.2) is 38.8 Å². The Bertz CT molecular complexity index is 710. The lowest BCUT2D eigenvalue weighted by atomic mass is 10.1. The van der Waals surface area contributed by atoms with Gasteiger partial charge in [-0.05, 0) is 43.5 Å². The fourth-order valence-electron chi connectivity index (χ4n) is 2.80. The minimum absolute atomic E-state index is 0.149. The number of benzene rings is 1. The second kappa shape index (κ2) is 8.25. The number of hydrogen-bond acceptors (Lipinski definition) is 3. The summed E-state index contributed by atoms with van der Waals surface area (Å²) >= 11 is 0. The van der Waals surface area contributed by atoms with E-state index in [9.17, 15) is 14.3 Å². The number of aliphatic hydroxyl groups is 1. The van der Waals surface area contributed by atoms with Gasteiger partial charge in [-0.3, -0.25) is 9.48 Å². The molecule has 0 aliphatic rings. The van der Waals surface area contributed by atoms with E-state index in [1.165, 1.54) is 12.1 Å². The summed E-state index contributed by atoms with van der Waals surface area (Å²) in [7, 11) is 0. The van der Waals surface area contributed by atoms with Gasteiger partial charge in [0.1, 0.15) is 11.5 Å². The van der Waals surface area contributed by atoms with Gasteiger partial charge >= 0.3 is 0 Å². The number of hydrogen-bond donors (Lipinski definition) is 1. The Hall–Kier alpha value is -2.21. The van der Waals surface area contributed by atoms with E-state index in [0.29, 0.717) is 24.3 Å². The minimum Gasteiger partial charge on any atom is -0.387 e. The van der Waals surface area contributed by atoms with Gasteiger partial charge in [-0.1, -0.05) is 26.0 Å². The van der Waals surface area contributed by atoms with E-state index in [1.54, 1.807) is 27.8 Å². The fraction of sp³-hybridized carbons (Fsp3) is 0.474. The molecule has 1 aromatic heterocycles. The van der Waals surface area contributed by atoms with Crippen molar-refractivity contribution in [2.75, 3.05) is 13.1 Å². The van der Waals surface area contributed by atoms with E-state index in [0.717, 1.165) is 5.69 Å². The van der Waals surface area contributed by atoms with E-state index in [2.05, 4.69) is 5.10 Å². The first kappa shape index (κ1) is 19.1. The summed E-state index contributed by atoms with van der Waals surface area (Å²) < 4.78 is 14.7. The van der Waals surface area contributed by atoms with Crippen LogP contribution in [0.2, 0.25) is 0 Å². The van der Waals surface area contributed by atoms with Crippen LogP contribution in [0.25, 0.3) is 0 Å². The summed E-state index contributed by atoms with van der Waals surface area (Å²) in [5, 5.41) is 14.8. The summed E-state index contributed by atoms with van der Waals surface area (Å²) in [6.07, 6.45) is -0.873. The van der Waals surface area contributed by atoms with E-state index in [4.69, 9.17) is 0 Å². The Morgan fingerprint density at radius 1 is 1.28 bits per heavy atom. The molecule has 1 unspecified atom stereocenters. The number of aryl methyl sites for hydroxylation is 2. The van der Waals surface area contributed by atoms with Crippen molar-refractivity contribution in [3.8, 4) is 0 Å². The molecule has 6 heteroatoms. The van der Waals surface area contributed by atoms with Gasteiger partial charge in [-0.15, -0.1) is 0 Å². The van der Waals surface area contributed by atoms with Gasteiger partial charge in [0, 0.05) is 13.1 Å². The molecule has 0 fully saturated rings. The maximum absolute atomic E-state index is 13.1. The minimum atomic E-state index is -0.873. The Kier molecular flexibility index (Phi) is 6.31. The lowest BCUT2D eigenvalue weighted by Gasteiger charge is -2.27. The monoisotopic (exact) mass is 347 g/mol. The third-order valence-electron chi connectivity index (χ3n) is 3.94. The number of carbonyl (C=O) groups excluding carboxylic acids is 1. The normalized spacial score (nSPS) is 12.4. The number of carbonyl (C=O) groups is 1. The smallest absolute Gasteiger partial charge is 0.272 e. The molecule has 0 spiro atoms. The highest BCUT2D eigenvalue weighted by Gasteiger charge is 2.24. The number of nitrogens with zero attached hydrogens (tertiary/aromatic N) is 3. The number of aliphatic hydroxyl groups excluding tert-OH is 1. The summed E-state index contributed by atoms with van der Waals surface area (Å²) in [4.78, 5) is 14.6. The van der Waals surface area contributed by atoms with Crippen LogP contribution in [0, 0.1) is 18.7 Å². The van der Waals surface area contributed by atoms with Gasteiger partial charge in [0.25, 0.3) is 5.91 Å². The van der Waals surface area contributed by atoms with E-state index in [1.807, 2.05) is 27.7 Å². The van der Waals surface area contributed by atoms with Crippen molar-refractivity contribution in [3.63, 3.8) is 0 Å². The van der Waals surface area contributed by atoms with E-state index in [-0.39, 0.29) is 24.2 Å². The topological polar surface area (TPSA) is 58.4 Å². The average molecular weight is 347 g/mol. The Morgan fingerprint density at radius 2 is 1.92 bits per heavy atom. The van der Waals surface area contributed by atoms with Crippen molar-refractivity contribution in [2.45, 2.75) is 40.3 Å². The molecule has 0 saturated carbocycles. The summed E-state index contributed by atoms with van der Waals surface area (Å²) in [6, 6.07) is 7.46. The maximum atomic E-state index is 13.1. The first-order chi connectivity index (χ1) is 11.8. The van der Waals surface area contributed by atoms with Crippen LogP contribution in [0.5, 0.6) is 0 Å². The zero-order valence-electron chi connectivity index (χ0n) is 15.2. The van der Waals surface area contributed by atoms with Gasteiger partial charge in [-0.25, -0.2) is 4.39 Å². The summed E-state index contributed by atoms with van der Waals surface area (Å²) in [5.41, 5.74) is 1.89. The lowest BCUT2D eigenvalue weighted by molar-refractivity contribution is 0.0583. The van der Waals surface area contributed by atoms with Gasteiger partial charge in [-0.2, -0.15) is 5.10 Å². The fourth-order valence-corrected chi connectivity index (χ4v) is 2.80. The van der Waals surface area contributed by atoms with E-state index < -0.39 is 6.10 Å².